The van der Waals surface area contributed by atoms with E-state index in [0.717, 1.165) is 0 Å². The van der Waals surface area contributed by atoms with E-state index in [1.165, 1.54) is 32.9 Å². The van der Waals surface area contributed by atoms with Crippen LogP contribution in [-0.2, 0) is 36.5 Å². The van der Waals surface area contributed by atoms with Crippen LogP contribution in [0.4, 0.5) is 36.8 Å². The topological polar surface area (TPSA) is 137 Å². The van der Waals surface area contributed by atoms with Crippen LogP contribution in [0.5, 0.6) is 0 Å². The zero-order valence-corrected chi connectivity index (χ0v) is 27.0. The number of aromatic nitrogens is 1. The summed E-state index contributed by atoms with van der Waals surface area (Å²) in [4.78, 5) is 42.3. The van der Waals surface area contributed by atoms with E-state index < -0.39 is 82.3 Å². The molecular formula is C29H33BrF6N4O7. The maximum atomic E-state index is 14.7. The Labute approximate surface area is 274 Å². The van der Waals surface area contributed by atoms with Gasteiger partial charge in [0.15, 0.2) is 12.0 Å². The van der Waals surface area contributed by atoms with E-state index >= 15 is 0 Å². The number of anilines is 1. The lowest BCUT2D eigenvalue weighted by Crippen LogP contribution is -2.61. The molecular weight excluding hydrogens is 710 g/mol. The van der Waals surface area contributed by atoms with Gasteiger partial charge in [0, 0.05) is 0 Å². The van der Waals surface area contributed by atoms with Gasteiger partial charge in [0.2, 0.25) is 5.60 Å². The molecule has 1 aromatic carbocycles. The van der Waals surface area contributed by atoms with Crippen LogP contribution in [-0.4, -0.2) is 59.8 Å². The highest BCUT2D eigenvalue weighted by Gasteiger charge is 2.61. The van der Waals surface area contributed by atoms with Crippen molar-refractivity contribution in [1.82, 2.24) is 15.8 Å². The molecule has 0 unspecified atom stereocenters. The molecule has 2 heterocycles. The second kappa shape index (κ2) is 15.6. The molecule has 1 atom stereocenters. The predicted octanol–water partition coefficient (Wildman–Crippen LogP) is 6.42. The molecule has 1 aliphatic heterocycles. The van der Waals surface area contributed by atoms with Crippen LogP contribution in [0, 0.1) is 0 Å². The van der Waals surface area contributed by atoms with E-state index in [4.69, 9.17) is 18.9 Å². The Hall–Kier alpha value is -3.48. The summed E-state index contributed by atoms with van der Waals surface area (Å²) < 4.78 is 105. The van der Waals surface area contributed by atoms with E-state index in [9.17, 15) is 40.7 Å². The molecule has 47 heavy (non-hydrogen) atoms. The lowest BCUT2D eigenvalue weighted by molar-refractivity contribution is -0.273. The summed E-state index contributed by atoms with van der Waals surface area (Å²) in [5, 5.41) is 1.98. The van der Waals surface area contributed by atoms with Gasteiger partial charge >= 0.3 is 18.4 Å². The van der Waals surface area contributed by atoms with Gasteiger partial charge in [-0.25, -0.2) is 9.78 Å². The zero-order chi connectivity index (χ0) is 35.0. The first-order chi connectivity index (χ1) is 21.8. The SMILES string of the molecule is CC(C)(C)OC(=O)Nc1cc(C(F)(F)F)c(Br)nc1C(=O)NNC(=O)[C@](CCCCC1OCCO1)(OCc1ccccc1)C(F)(F)F. The van der Waals surface area contributed by atoms with Gasteiger partial charge in [-0.2, -0.15) is 26.3 Å². The number of carbonyl (C=O) groups excluding carboxylic acids is 3. The highest BCUT2D eigenvalue weighted by molar-refractivity contribution is 9.10. The number of pyridine rings is 1. The summed E-state index contributed by atoms with van der Waals surface area (Å²) >= 11 is 2.61. The lowest BCUT2D eigenvalue weighted by Gasteiger charge is -2.34. The number of amides is 3. The zero-order valence-electron chi connectivity index (χ0n) is 25.4. The Morgan fingerprint density at radius 3 is 2.19 bits per heavy atom. The number of nitrogens with one attached hydrogen (secondary N) is 3. The largest absolute Gasteiger partial charge is 0.444 e. The van der Waals surface area contributed by atoms with Gasteiger partial charge < -0.3 is 18.9 Å². The number of carbonyl (C=O) groups is 3. The molecule has 3 rings (SSSR count). The minimum absolute atomic E-state index is 0.167. The third-order valence-corrected chi connectivity index (χ3v) is 7.09. The molecule has 0 aliphatic carbocycles. The van der Waals surface area contributed by atoms with E-state index in [-0.39, 0.29) is 19.3 Å². The number of hydrazine groups is 1. The molecule has 260 valence electrons. The van der Waals surface area contributed by atoms with E-state index in [1.54, 1.807) is 29.1 Å². The van der Waals surface area contributed by atoms with Crippen molar-refractivity contribution in [1.29, 1.82) is 0 Å². The fraction of sp³-hybridized carbons (Fsp3) is 0.517. The Morgan fingerprint density at radius 1 is 0.979 bits per heavy atom. The quantitative estimate of drug-likeness (QED) is 0.104. The van der Waals surface area contributed by atoms with Gasteiger partial charge in [-0.3, -0.25) is 25.8 Å². The molecule has 1 fully saturated rings. The third-order valence-electron chi connectivity index (χ3n) is 6.48. The molecule has 11 nitrogen and oxygen atoms in total. The highest BCUT2D eigenvalue weighted by atomic mass is 79.9. The van der Waals surface area contributed by atoms with Crippen molar-refractivity contribution < 1.29 is 59.7 Å². The molecule has 18 heteroatoms. The van der Waals surface area contributed by atoms with E-state index in [2.05, 4.69) is 20.9 Å². The van der Waals surface area contributed by atoms with Gasteiger partial charge in [-0.05, 0) is 74.0 Å². The van der Waals surface area contributed by atoms with Crippen LogP contribution in [0.2, 0.25) is 0 Å². The van der Waals surface area contributed by atoms with Crippen LogP contribution >= 0.6 is 15.9 Å². The first-order valence-electron chi connectivity index (χ1n) is 14.2. The number of ether oxygens (including phenoxy) is 4. The minimum atomic E-state index is -5.30. The summed E-state index contributed by atoms with van der Waals surface area (Å²) in [6, 6.07) is 8.11. The number of hydrogen-bond acceptors (Lipinski definition) is 8. The van der Waals surface area contributed by atoms with E-state index in [1.807, 2.05) is 5.32 Å². The molecule has 0 spiro atoms. The molecule has 1 aromatic heterocycles. The van der Waals surface area contributed by atoms with Gasteiger partial charge in [0.05, 0.1) is 31.1 Å². The Bertz CT molecular complexity index is 1400. The molecule has 1 saturated heterocycles. The van der Waals surface area contributed by atoms with Crippen molar-refractivity contribution in [3.8, 4) is 0 Å². The van der Waals surface area contributed by atoms with Crippen LogP contribution in [0.1, 0.15) is 68.1 Å². The number of halogens is 7. The number of hydrogen-bond donors (Lipinski definition) is 3. The molecule has 0 radical (unpaired) electrons. The summed E-state index contributed by atoms with van der Waals surface area (Å²) in [5.41, 5.74) is -3.91. The molecule has 1 aliphatic rings. The third kappa shape index (κ3) is 10.8. The smallest absolute Gasteiger partial charge is 0.426 e. The molecule has 2 aromatic rings. The van der Waals surface area contributed by atoms with Crippen molar-refractivity contribution in [3.63, 3.8) is 0 Å². The van der Waals surface area contributed by atoms with Crippen molar-refractivity contribution >= 4 is 39.5 Å². The van der Waals surface area contributed by atoms with Gasteiger partial charge in [0.1, 0.15) is 10.2 Å². The van der Waals surface area contributed by atoms with Gasteiger partial charge in [0.25, 0.3) is 11.8 Å². The van der Waals surface area contributed by atoms with Crippen LogP contribution < -0.4 is 16.2 Å². The minimum Gasteiger partial charge on any atom is -0.444 e. The Balaban J connectivity index is 1.87. The van der Waals surface area contributed by atoms with Crippen molar-refractivity contribution in [2.45, 2.75) is 82.9 Å². The second-order valence-electron chi connectivity index (χ2n) is 11.3. The molecule has 0 bridgehead atoms. The molecule has 0 saturated carbocycles. The number of benzene rings is 1. The summed E-state index contributed by atoms with van der Waals surface area (Å²) in [6.07, 6.45) is -12.7. The summed E-state index contributed by atoms with van der Waals surface area (Å²) in [5.74, 6) is -3.27. The Kier molecular flexibility index (Phi) is 12.6. The maximum absolute atomic E-state index is 14.7. The summed E-state index contributed by atoms with van der Waals surface area (Å²) in [7, 11) is 0. The number of nitrogens with zero attached hydrogens (tertiary/aromatic N) is 1. The van der Waals surface area contributed by atoms with Gasteiger partial charge in [-0.15, -0.1) is 0 Å². The Morgan fingerprint density at radius 2 is 1.62 bits per heavy atom. The average Bonchev–Trinajstić information content (AvgIpc) is 3.48. The van der Waals surface area contributed by atoms with E-state index in [0.29, 0.717) is 24.8 Å². The first kappa shape index (κ1) is 38.0. The fourth-order valence-electron chi connectivity index (χ4n) is 4.29. The summed E-state index contributed by atoms with van der Waals surface area (Å²) in [6.45, 7) is 4.48. The lowest BCUT2D eigenvalue weighted by atomic mass is 9.93. The second-order valence-corrected chi connectivity index (χ2v) is 12.0. The normalized spacial score (nSPS) is 15.5. The van der Waals surface area contributed by atoms with Crippen molar-refractivity contribution in [3.05, 3.63) is 57.8 Å². The first-order valence-corrected chi connectivity index (χ1v) is 15.0. The maximum Gasteiger partial charge on any atom is 0.426 e. The van der Waals surface area contributed by atoms with Crippen LogP contribution in [0.3, 0.4) is 0 Å². The molecule has 3 N–H and O–H groups in total. The monoisotopic (exact) mass is 742 g/mol. The highest BCUT2D eigenvalue weighted by Crippen LogP contribution is 2.40. The number of unbranched alkanes of at least 4 members (excludes halogenated alkanes) is 1. The number of alkyl halides is 6. The van der Waals surface area contributed by atoms with Gasteiger partial charge in [-0.1, -0.05) is 30.3 Å². The predicted molar refractivity (Wildman–Crippen MR) is 157 cm³/mol. The van der Waals surface area contributed by atoms with Crippen LogP contribution in [0.15, 0.2) is 41.0 Å². The van der Waals surface area contributed by atoms with Crippen molar-refractivity contribution in [2.24, 2.45) is 0 Å². The average molecular weight is 743 g/mol. The van der Waals surface area contributed by atoms with Crippen molar-refractivity contribution in [2.75, 3.05) is 18.5 Å². The molecule has 3 amide bonds. The van der Waals surface area contributed by atoms with Crippen LogP contribution in [0.25, 0.3) is 0 Å². The number of rotatable bonds is 11. The standard InChI is InChI=1S/C29H33BrF6N4O7/c1-26(2,3)47-25(43)37-19-15-18(28(31,32)33)22(30)38-21(19)23(41)39-40-24(42)27(29(34,35)36,46-16-17-9-5-4-6-10-17)12-8-7-11-20-44-13-14-45-20/h4-6,9-10,15,20H,7-8,11-14,16H2,1-3H3,(H,37,43)(H,39,41)(H,40,42)/t27-/m0/s1. The fourth-order valence-corrected chi connectivity index (χ4v) is 4.81.